The first-order valence-electron chi connectivity index (χ1n) is 5.15. The Labute approximate surface area is 79.6 Å². The maximum absolute atomic E-state index is 11.0. The molecule has 1 N–H and O–H groups in total. The summed E-state index contributed by atoms with van der Waals surface area (Å²) in [5, 5.41) is 8.52. The third-order valence-corrected chi connectivity index (χ3v) is 2.56. The molecule has 1 saturated carbocycles. The Balaban J connectivity index is 2.24. The van der Waals surface area contributed by atoms with Crippen molar-refractivity contribution in [1.29, 1.82) is 0 Å². The van der Waals surface area contributed by atoms with Gasteiger partial charge in [-0.1, -0.05) is 25.3 Å². The number of rotatable bonds is 4. The number of ketones is 1. The number of allylic oxidation sites excluding steroid dienone is 2. The largest absolute Gasteiger partial charge is 0.396 e. The van der Waals surface area contributed by atoms with E-state index in [4.69, 9.17) is 5.11 Å². The molecule has 2 nitrogen and oxygen atoms in total. The van der Waals surface area contributed by atoms with Crippen molar-refractivity contribution in [2.75, 3.05) is 6.61 Å². The van der Waals surface area contributed by atoms with Crippen LogP contribution in [0.5, 0.6) is 0 Å². The molecule has 0 atom stereocenters. The maximum Gasteiger partial charge on any atom is 0.157 e. The monoisotopic (exact) mass is 182 g/mol. The van der Waals surface area contributed by atoms with Gasteiger partial charge < -0.3 is 5.11 Å². The maximum atomic E-state index is 11.0. The Morgan fingerprint density at radius 1 is 1.31 bits per heavy atom. The molecule has 2 heteroatoms. The lowest BCUT2D eigenvalue weighted by atomic mass is 9.89. The van der Waals surface area contributed by atoms with Gasteiger partial charge in [0.05, 0.1) is 6.61 Å². The van der Waals surface area contributed by atoms with Gasteiger partial charge in [0.2, 0.25) is 0 Å². The van der Waals surface area contributed by atoms with E-state index in [-0.39, 0.29) is 18.8 Å². The molecule has 13 heavy (non-hydrogen) atoms. The minimum Gasteiger partial charge on any atom is -0.396 e. The first-order chi connectivity index (χ1) is 6.33. The van der Waals surface area contributed by atoms with Crippen LogP contribution in [0.4, 0.5) is 0 Å². The van der Waals surface area contributed by atoms with Crippen LogP contribution in [0.2, 0.25) is 0 Å². The molecule has 74 valence electrons. The highest BCUT2D eigenvalue weighted by molar-refractivity contribution is 5.89. The van der Waals surface area contributed by atoms with Crippen LogP contribution in [-0.2, 0) is 4.79 Å². The van der Waals surface area contributed by atoms with Crippen molar-refractivity contribution >= 4 is 5.78 Å². The van der Waals surface area contributed by atoms with E-state index in [2.05, 4.69) is 0 Å². The number of carbonyl (C=O) groups is 1. The molecule has 0 bridgehead atoms. The van der Waals surface area contributed by atoms with Crippen LogP contribution in [0, 0.1) is 5.92 Å². The minimum absolute atomic E-state index is 0.0339. The van der Waals surface area contributed by atoms with E-state index < -0.39 is 0 Å². The summed E-state index contributed by atoms with van der Waals surface area (Å²) in [5.41, 5.74) is 0. The molecule has 1 rings (SSSR count). The Kier molecular flexibility index (Phi) is 4.76. The molecular formula is C11H18O2. The first kappa shape index (κ1) is 10.5. The molecule has 0 heterocycles. The predicted octanol–water partition coefficient (Wildman–Crippen LogP) is 2.07. The normalized spacial score (nSPS) is 19.5. The number of hydrogen-bond acceptors (Lipinski definition) is 2. The van der Waals surface area contributed by atoms with Gasteiger partial charge in [-0.25, -0.2) is 0 Å². The van der Waals surface area contributed by atoms with E-state index in [1.54, 1.807) is 6.08 Å². The van der Waals surface area contributed by atoms with Crippen molar-refractivity contribution in [3.8, 4) is 0 Å². The fourth-order valence-corrected chi connectivity index (χ4v) is 1.76. The molecule has 1 fully saturated rings. The van der Waals surface area contributed by atoms with E-state index in [1.807, 2.05) is 6.08 Å². The standard InChI is InChI=1S/C11H18O2/c12-9-8-11(13)7-6-10-4-2-1-3-5-10/h6-7,10,12H,1-5,8-9H2/b7-6+. The summed E-state index contributed by atoms with van der Waals surface area (Å²) in [5.74, 6) is 0.657. The number of carbonyl (C=O) groups excluding carboxylic acids is 1. The van der Waals surface area contributed by atoms with Gasteiger partial charge in [0, 0.05) is 6.42 Å². The predicted molar refractivity (Wildman–Crippen MR) is 52.4 cm³/mol. The second-order valence-electron chi connectivity index (χ2n) is 3.70. The van der Waals surface area contributed by atoms with Crippen molar-refractivity contribution in [3.63, 3.8) is 0 Å². The first-order valence-corrected chi connectivity index (χ1v) is 5.15. The van der Waals surface area contributed by atoms with E-state index in [0.29, 0.717) is 5.92 Å². The molecule has 0 unspecified atom stereocenters. The average Bonchev–Trinajstić information content (AvgIpc) is 2.17. The van der Waals surface area contributed by atoms with Crippen LogP contribution in [0.15, 0.2) is 12.2 Å². The van der Waals surface area contributed by atoms with Crippen LogP contribution in [0.25, 0.3) is 0 Å². The summed E-state index contributed by atoms with van der Waals surface area (Å²) in [6.45, 7) is -0.0339. The summed E-state index contributed by atoms with van der Waals surface area (Å²) in [7, 11) is 0. The minimum atomic E-state index is -0.0339. The van der Waals surface area contributed by atoms with Crippen LogP contribution in [0.3, 0.4) is 0 Å². The van der Waals surface area contributed by atoms with Crippen LogP contribution in [0.1, 0.15) is 38.5 Å². The van der Waals surface area contributed by atoms with Gasteiger partial charge in [0.15, 0.2) is 5.78 Å². The Morgan fingerprint density at radius 3 is 2.62 bits per heavy atom. The quantitative estimate of drug-likeness (QED) is 0.676. The highest BCUT2D eigenvalue weighted by Crippen LogP contribution is 2.24. The molecule has 0 saturated heterocycles. The van der Waals surface area contributed by atoms with E-state index >= 15 is 0 Å². The molecule has 0 amide bonds. The summed E-state index contributed by atoms with van der Waals surface area (Å²) in [6, 6.07) is 0. The van der Waals surface area contributed by atoms with Gasteiger partial charge in [0.1, 0.15) is 0 Å². The van der Waals surface area contributed by atoms with Crippen molar-refractivity contribution in [2.24, 2.45) is 5.92 Å². The topological polar surface area (TPSA) is 37.3 Å². The zero-order chi connectivity index (χ0) is 9.52. The lowest BCUT2D eigenvalue weighted by molar-refractivity contribution is -0.115. The van der Waals surface area contributed by atoms with Crippen LogP contribution in [-0.4, -0.2) is 17.5 Å². The third kappa shape index (κ3) is 4.23. The number of aliphatic hydroxyl groups is 1. The second-order valence-corrected chi connectivity index (χ2v) is 3.70. The number of hydrogen-bond donors (Lipinski definition) is 1. The number of aliphatic hydroxyl groups excluding tert-OH is 1. The van der Waals surface area contributed by atoms with Gasteiger partial charge in [-0.3, -0.25) is 4.79 Å². The van der Waals surface area contributed by atoms with Crippen LogP contribution < -0.4 is 0 Å². The van der Waals surface area contributed by atoms with E-state index in [0.717, 1.165) is 0 Å². The smallest absolute Gasteiger partial charge is 0.157 e. The van der Waals surface area contributed by atoms with Crippen molar-refractivity contribution < 1.29 is 9.90 Å². The molecule has 0 radical (unpaired) electrons. The summed E-state index contributed by atoms with van der Waals surface area (Å²) in [6.07, 6.45) is 10.3. The Hall–Kier alpha value is -0.630. The van der Waals surface area contributed by atoms with Gasteiger partial charge in [0.25, 0.3) is 0 Å². The zero-order valence-electron chi connectivity index (χ0n) is 8.04. The van der Waals surface area contributed by atoms with Gasteiger partial charge in [-0.2, -0.15) is 0 Å². The molecule has 0 aliphatic heterocycles. The van der Waals surface area contributed by atoms with Crippen LogP contribution >= 0.6 is 0 Å². The third-order valence-electron chi connectivity index (χ3n) is 2.56. The Bertz CT molecular complexity index is 179. The van der Waals surface area contributed by atoms with Crippen molar-refractivity contribution in [2.45, 2.75) is 38.5 Å². The van der Waals surface area contributed by atoms with E-state index in [1.165, 1.54) is 32.1 Å². The fraction of sp³-hybridized carbons (Fsp3) is 0.727. The molecule has 1 aliphatic carbocycles. The van der Waals surface area contributed by atoms with Gasteiger partial charge in [-0.05, 0) is 24.8 Å². The average molecular weight is 182 g/mol. The summed E-state index contributed by atoms with van der Waals surface area (Å²) < 4.78 is 0. The molecule has 1 aliphatic rings. The molecule has 0 aromatic carbocycles. The molecular weight excluding hydrogens is 164 g/mol. The van der Waals surface area contributed by atoms with Gasteiger partial charge >= 0.3 is 0 Å². The Morgan fingerprint density at radius 2 is 2.00 bits per heavy atom. The summed E-state index contributed by atoms with van der Waals surface area (Å²) in [4.78, 5) is 11.0. The zero-order valence-corrected chi connectivity index (χ0v) is 8.04. The fourth-order valence-electron chi connectivity index (χ4n) is 1.76. The van der Waals surface area contributed by atoms with Crippen molar-refractivity contribution in [1.82, 2.24) is 0 Å². The summed E-state index contributed by atoms with van der Waals surface area (Å²) >= 11 is 0. The van der Waals surface area contributed by atoms with Gasteiger partial charge in [-0.15, -0.1) is 0 Å². The lowest BCUT2D eigenvalue weighted by Gasteiger charge is -2.17. The molecule has 0 spiro atoms. The van der Waals surface area contributed by atoms with E-state index in [9.17, 15) is 4.79 Å². The lowest BCUT2D eigenvalue weighted by Crippen LogP contribution is -2.04. The second kappa shape index (κ2) is 5.92. The SMILES string of the molecule is O=C(/C=C/C1CCCCC1)CCO. The molecule has 0 aromatic heterocycles. The highest BCUT2D eigenvalue weighted by atomic mass is 16.3. The van der Waals surface area contributed by atoms with Crippen molar-refractivity contribution in [3.05, 3.63) is 12.2 Å². The molecule has 0 aromatic rings. The highest BCUT2D eigenvalue weighted by Gasteiger charge is 2.09.